The largest absolute Gasteiger partial charge is 0.325 e. The lowest BCUT2D eigenvalue weighted by atomic mass is 10.0. The van der Waals surface area contributed by atoms with Crippen molar-refractivity contribution in [1.29, 1.82) is 0 Å². The van der Waals surface area contributed by atoms with Crippen LogP contribution in [0.1, 0.15) is 24.9 Å². The summed E-state index contributed by atoms with van der Waals surface area (Å²) < 4.78 is 0.994. The maximum Gasteiger partial charge on any atom is 0.238 e. The fraction of sp³-hybridized carbons (Fsp3) is 0.235. The summed E-state index contributed by atoms with van der Waals surface area (Å²) >= 11 is 3.37. The Bertz CT molecular complexity index is 569. The van der Waals surface area contributed by atoms with E-state index < -0.39 is 0 Å². The SMILES string of the molecule is CCC(NCC(=O)Nc1ccc(Br)cc1)c1ccccc1. The van der Waals surface area contributed by atoms with Crippen LogP contribution in [0.25, 0.3) is 0 Å². The molecule has 0 aliphatic rings. The Labute approximate surface area is 133 Å². The standard InChI is InChI=1S/C17H19BrN2O/c1-2-16(13-6-4-3-5-7-13)19-12-17(21)20-15-10-8-14(18)9-11-15/h3-11,16,19H,2,12H2,1H3,(H,20,21). The number of halogens is 1. The van der Waals surface area contributed by atoms with E-state index in [2.05, 4.69) is 45.6 Å². The van der Waals surface area contributed by atoms with Crippen LogP contribution in [0.5, 0.6) is 0 Å². The van der Waals surface area contributed by atoms with Gasteiger partial charge in [-0.05, 0) is 36.2 Å². The third-order valence-electron chi connectivity index (χ3n) is 3.25. The minimum absolute atomic E-state index is 0.0355. The van der Waals surface area contributed by atoms with Crippen LogP contribution in [0.3, 0.4) is 0 Å². The summed E-state index contributed by atoms with van der Waals surface area (Å²) in [7, 11) is 0. The topological polar surface area (TPSA) is 41.1 Å². The molecule has 0 saturated carbocycles. The highest BCUT2D eigenvalue weighted by Crippen LogP contribution is 2.16. The van der Waals surface area contributed by atoms with Gasteiger partial charge in [0.05, 0.1) is 6.54 Å². The van der Waals surface area contributed by atoms with Crippen molar-refractivity contribution in [2.45, 2.75) is 19.4 Å². The molecule has 1 atom stereocenters. The lowest BCUT2D eigenvalue weighted by Gasteiger charge is -2.17. The van der Waals surface area contributed by atoms with Gasteiger partial charge >= 0.3 is 0 Å². The van der Waals surface area contributed by atoms with Crippen molar-refractivity contribution in [1.82, 2.24) is 5.32 Å². The Hall–Kier alpha value is -1.65. The van der Waals surface area contributed by atoms with E-state index in [-0.39, 0.29) is 11.9 Å². The van der Waals surface area contributed by atoms with Crippen LogP contribution in [0.4, 0.5) is 5.69 Å². The lowest BCUT2D eigenvalue weighted by Crippen LogP contribution is -2.31. The first-order valence-corrected chi connectivity index (χ1v) is 7.82. The van der Waals surface area contributed by atoms with Crippen molar-refractivity contribution in [3.8, 4) is 0 Å². The summed E-state index contributed by atoms with van der Waals surface area (Å²) in [6, 6.07) is 17.9. The third kappa shape index (κ3) is 4.99. The minimum Gasteiger partial charge on any atom is -0.325 e. The van der Waals surface area contributed by atoms with Gasteiger partial charge in [-0.2, -0.15) is 0 Å². The van der Waals surface area contributed by atoms with Gasteiger partial charge in [-0.15, -0.1) is 0 Å². The smallest absolute Gasteiger partial charge is 0.238 e. The third-order valence-corrected chi connectivity index (χ3v) is 3.78. The van der Waals surface area contributed by atoms with E-state index in [0.29, 0.717) is 6.54 Å². The van der Waals surface area contributed by atoms with Gasteiger partial charge in [0.1, 0.15) is 0 Å². The zero-order chi connectivity index (χ0) is 15.1. The van der Waals surface area contributed by atoms with E-state index in [0.717, 1.165) is 16.6 Å². The second-order valence-electron chi connectivity index (χ2n) is 4.81. The van der Waals surface area contributed by atoms with E-state index in [1.54, 1.807) is 0 Å². The van der Waals surface area contributed by atoms with Crippen molar-refractivity contribution in [3.63, 3.8) is 0 Å². The summed E-state index contributed by atoms with van der Waals surface area (Å²) in [4.78, 5) is 12.0. The van der Waals surface area contributed by atoms with Crippen LogP contribution >= 0.6 is 15.9 Å². The molecule has 4 heteroatoms. The molecule has 110 valence electrons. The first kappa shape index (κ1) is 15.7. The number of hydrogen-bond acceptors (Lipinski definition) is 2. The molecule has 2 N–H and O–H groups in total. The van der Waals surface area contributed by atoms with Gasteiger partial charge < -0.3 is 10.6 Å². The molecule has 21 heavy (non-hydrogen) atoms. The van der Waals surface area contributed by atoms with Crippen molar-refractivity contribution in [2.24, 2.45) is 0 Å². The van der Waals surface area contributed by atoms with Crippen molar-refractivity contribution in [2.75, 3.05) is 11.9 Å². The maximum absolute atomic E-state index is 12.0. The van der Waals surface area contributed by atoms with E-state index >= 15 is 0 Å². The number of amides is 1. The van der Waals surface area contributed by atoms with Crippen molar-refractivity contribution >= 4 is 27.5 Å². The zero-order valence-corrected chi connectivity index (χ0v) is 13.6. The van der Waals surface area contributed by atoms with Gasteiger partial charge in [-0.1, -0.05) is 53.2 Å². The van der Waals surface area contributed by atoms with Gasteiger partial charge in [-0.25, -0.2) is 0 Å². The number of nitrogens with one attached hydrogen (secondary N) is 2. The summed E-state index contributed by atoms with van der Waals surface area (Å²) in [5.74, 6) is -0.0355. The zero-order valence-electron chi connectivity index (χ0n) is 12.0. The van der Waals surface area contributed by atoms with E-state index in [1.165, 1.54) is 5.56 Å². The normalized spacial score (nSPS) is 11.9. The van der Waals surface area contributed by atoms with Crippen LogP contribution in [-0.4, -0.2) is 12.5 Å². The van der Waals surface area contributed by atoms with Crippen LogP contribution in [0.15, 0.2) is 59.1 Å². The highest BCUT2D eigenvalue weighted by Gasteiger charge is 2.10. The van der Waals surface area contributed by atoms with Gasteiger partial charge in [-0.3, -0.25) is 4.79 Å². The Morgan fingerprint density at radius 1 is 1.10 bits per heavy atom. The number of anilines is 1. The molecule has 0 saturated heterocycles. The Morgan fingerprint density at radius 3 is 2.38 bits per heavy atom. The summed E-state index contributed by atoms with van der Waals surface area (Å²) in [5, 5.41) is 6.17. The monoisotopic (exact) mass is 346 g/mol. The Kier molecular flexibility index (Phi) is 5.96. The quantitative estimate of drug-likeness (QED) is 0.825. The van der Waals surface area contributed by atoms with Crippen molar-refractivity contribution < 1.29 is 4.79 Å². The van der Waals surface area contributed by atoms with Crippen LogP contribution in [0, 0.1) is 0 Å². The first-order chi connectivity index (χ1) is 10.2. The molecule has 2 rings (SSSR count). The van der Waals surface area contributed by atoms with Gasteiger partial charge in [0, 0.05) is 16.2 Å². The first-order valence-electron chi connectivity index (χ1n) is 7.02. The van der Waals surface area contributed by atoms with Gasteiger partial charge in [0.2, 0.25) is 5.91 Å². The van der Waals surface area contributed by atoms with Gasteiger partial charge in [0.25, 0.3) is 0 Å². The summed E-state index contributed by atoms with van der Waals surface area (Å²) in [5.41, 5.74) is 2.01. The molecule has 0 bridgehead atoms. The molecule has 1 unspecified atom stereocenters. The van der Waals surface area contributed by atoms with E-state index in [9.17, 15) is 4.79 Å². The van der Waals surface area contributed by atoms with Gasteiger partial charge in [0.15, 0.2) is 0 Å². The Morgan fingerprint density at radius 2 is 1.76 bits per heavy atom. The number of carbonyl (C=O) groups is 1. The molecule has 3 nitrogen and oxygen atoms in total. The molecule has 2 aromatic carbocycles. The average molecular weight is 347 g/mol. The molecule has 0 radical (unpaired) electrons. The maximum atomic E-state index is 12.0. The minimum atomic E-state index is -0.0355. The average Bonchev–Trinajstić information content (AvgIpc) is 2.51. The number of benzene rings is 2. The molecule has 0 spiro atoms. The molecule has 0 aliphatic heterocycles. The number of hydrogen-bond donors (Lipinski definition) is 2. The molecule has 2 aromatic rings. The second kappa shape index (κ2) is 7.96. The Balaban J connectivity index is 1.86. The summed E-state index contributed by atoms with van der Waals surface area (Å²) in [6.45, 7) is 2.40. The fourth-order valence-electron chi connectivity index (χ4n) is 2.14. The predicted octanol–water partition coefficient (Wildman–Crippen LogP) is 4.13. The van der Waals surface area contributed by atoms with Crippen LogP contribution < -0.4 is 10.6 Å². The second-order valence-corrected chi connectivity index (χ2v) is 5.72. The number of rotatable bonds is 6. The molecular formula is C17H19BrN2O. The molecule has 0 aromatic heterocycles. The molecule has 0 heterocycles. The predicted molar refractivity (Wildman–Crippen MR) is 90.2 cm³/mol. The molecule has 0 aliphatic carbocycles. The highest BCUT2D eigenvalue weighted by molar-refractivity contribution is 9.10. The van der Waals surface area contributed by atoms with E-state index in [4.69, 9.17) is 0 Å². The molecular weight excluding hydrogens is 328 g/mol. The molecule has 0 fully saturated rings. The fourth-order valence-corrected chi connectivity index (χ4v) is 2.40. The summed E-state index contributed by atoms with van der Waals surface area (Å²) in [6.07, 6.45) is 0.940. The van der Waals surface area contributed by atoms with Crippen molar-refractivity contribution in [3.05, 3.63) is 64.6 Å². The van der Waals surface area contributed by atoms with Crippen LogP contribution in [0.2, 0.25) is 0 Å². The lowest BCUT2D eigenvalue weighted by molar-refractivity contribution is -0.115. The highest BCUT2D eigenvalue weighted by atomic mass is 79.9. The van der Waals surface area contributed by atoms with Crippen LogP contribution in [-0.2, 0) is 4.79 Å². The number of carbonyl (C=O) groups excluding carboxylic acids is 1. The molecule has 1 amide bonds. The van der Waals surface area contributed by atoms with E-state index in [1.807, 2.05) is 42.5 Å².